The average molecular weight is 232 g/mol. The molecule has 1 aliphatic rings. The minimum absolute atomic E-state index is 0.651. The van der Waals surface area contributed by atoms with Crippen molar-refractivity contribution in [2.75, 3.05) is 5.43 Å². The third kappa shape index (κ3) is 4.04. The smallest absolute Gasteiger partial charge is 0.0490 e. The van der Waals surface area contributed by atoms with Crippen LogP contribution in [-0.2, 0) is 6.42 Å². The van der Waals surface area contributed by atoms with E-state index in [1.165, 1.54) is 56.2 Å². The van der Waals surface area contributed by atoms with Crippen LogP contribution in [0.4, 0.5) is 5.69 Å². The van der Waals surface area contributed by atoms with Gasteiger partial charge < -0.3 is 5.43 Å². The first-order chi connectivity index (χ1) is 8.38. The lowest BCUT2D eigenvalue weighted by Crippen LogP contribution is -2.35. The molecule has 2 N–H and O–H groups in total. The lowest BCUT2D eigenvalue weighted by Gasteiger charge is -2.23. The number of hydrogen-bond donors (Lipinski definition) is 2. The molecule has 17 heavy (non-hydrogen) atoms. The predicted molar refractivity (Wildman–Crippen MR) is 74.1 cm³/mol. The first-order valence-corrected chi connectivity index (χ1v) is 6.99. The van der Waals surface area contributed by atoms with E-state index in [0.717, 1.165) is 0 Å². The second-order valence-corrected chi connectivity index (χ2v) is 5.05. The Morgan fingerprint density at radius 1 is 1.18 bits per heavy atom. The molecule has 94 valence electrons. The highest BCUT2D eigenvalue weighted by Crippen LogP contribution is 2.18. The zero-order chi connectivity index (χ0) is 11.9. The monoisotopic (exact) mass is 232 g/mol. The average Bonchev–Trinajstić information content (AvgIpc) is 2.39. The second kappa shape index (κ2) is 6.65. The van der Waals surface area contributed by atoms with Crippen LogP contribution in [0.3, 0.4) is 0 Å². The van der Waals surface area contributed by atoms with Crippen molar-refractivity contribution in [1.29, 1.82) is 0 Å². The van der Waals surface area contributed by atoms with E-state index in [1.807, 2.05) is 0 Å². The van der Waals surface area contributed by atoms with Crippen LogP contribution in [0.15, 0.2) is 24.3 Å². The minimum atomic E-state index is 0.651. The molecular formula is C15H24N2. The van der Waals surface area contributed by atoms with E-state index in [0.29, 0.717) is 6.04 Å². The van der Waals surface area contributed by atoms with Crippen molar-refractivity contribution in [2.45, 2.75) is 57.9 Å². The molecule has 1 aromatic rings. The quantitative estimate of drug-likeness (QED) is 0.753. The van der Waals surface area contributed by atoms with E-state index >= 15 is 0 Å². The molecule has 1 aromatic carbocycles. The Labute approximate surface area is 105 Å². The van der Waals surface area contributed by atoms with Crippen LogP contribution in [0, 0.1) is 0 Å². The molecule has 1 saturated carbocycles. The molecule has 2 nitrogen and oxygen atoms in total. The lowest BCUT2D eigenvalue weighted by atomic mass is 9.96. The van der Waals surface area contributed by atoms with Gasteiger partial charge in [-0.25, -0.2) is 5.43 Å². The Hall–Kier alpha value is -1.02. The fourth-order valence-electron chi connectivity index (χ4n) is 2.53. The zero-order valence-corrected chi connectivity index (χ0v) is 10.8. The number of nitrogens with one attached hydrogen (secondary N) is 2. The predicted octanol–water partition coefficient (Wildman–Crippen LogP) is 3.89. The molecule has 2 heteroatoms. The molecule has 0 unspecified atom stereocenters. The van der Waals surface area contributed by atoms with Gasteiger partial charge in [0.1, 0.15) is 0 Å². The summed E-state index contributed by atoms with van der Waals surface area (Å²) in [5, 5.41) is 0. The summed E-state index contributed by atoms with van der Waals surface area (Å²) in [6.45, 7) is 2.22. The highest BCUT2D eigenvalue weighted by atomic mass is 15.4. The Morgan fingerprint density at radius 3 is 2.76 bits per heavy atom. The zero-order valence-electron chi connectivity index (χ0n) is 10.8. The van der Waals surface area contributed by atoms with E-state index in [4.69, 9.17) is 0 Å². The summed E-state index contributed by atoms with van der Waals surface area (Å²) in [4.78, 5) is 0. The van der Waals surface area contributed by atoms with Crippen LogP contribution in [0.25, 0.3) is 0 Å². The van der Waals surface area contributed by atoms with Gasteiger partial charge in [-0.05, 0) is 37.0 Å². The van der Waals surface area contributed by atoms with Gasteiger partial charge >= 0.3 is 0 Å². The third-order valence-corrected chi connectivity index (χ3v) is 3.49. The Bertz CT molecular complexity index is 329. The molecule has 1 fully saturated rings. The maximum atomic E-state index is 3.46. The molecule has 0 aliphatic heterocycles. The van der Waals surface area contributed by atoms with Crippen molar-refractivity contribution >= 4 is 5.69 Å². The van der Waals surface area contributed by atoms with E-state index in [-0.39, 0.29) is 0 Å². The maximum Gasteiger partial charge on any atom is 0.0490 e. The van der Waals surface area contributed by atoms with Crippen LogP contribution in [0.5, 0.6) is 0 Å². The number of hydrazine groups is 1. The molecule has 2 rings (SSSR count). The summed E-state index contributed by atoms with van der Waals surface area (Å²) in [6, 6.07) is 9.37. The third-order valence-electron chi connectivity index (χ3n) is 3.49. The highest BCUT2D eigenvalue weighted by molar-refractivity contribution is 5.44. The highest BCUT2D eigenvalue weighted by Gasteiger charge is 2.12. The number of rotatable bonds is 5. The summed E-state index contributed by atoms with van der Waals surface area (Å²) in [7, 11) is 0. The normalized spacial score (nSPS) is 17.0. The molecular weight excluding hydrogens is 208 g/mol. The van der Waals surface area contributed by atoms with Crippen molar-refractivity contribution in [3.05, 3.63) is 29.8 Å². The maximum absolute atomic E-state index is 3.46. The Kier molecular flexibility index (Phi) is 4.87. The molecule has 0 atom stereocenters. The van der Waals surface area contributed by atoms with Gasteiger partial charge in [-0.3, -0.25) is 0 Å². The van der Waals surface area contributed by atoms with Gasteiger partial charge in [0.25, 0.3) is 0 Å². The van der Waals surface area contributed by atoms with E-state index in [9.17, 15) is 0 Å². The number of benzene rings is 1. The van der Waals surface area contributed by atoms with Crippen molar-refractivity contribution in [1.82, 2.24) is 5.43 Å². The van der Waals surface area contributed by atoms with Gasteiger partial charge in [0, 0.05) is 11.7 Å². The standard InChI is InChI=1S/C15H24N2/c1-2-7-13-8-6-11-15(12-13)17-16-14-9-4-3-5-10-14/h6,8,11-12,14,16-17H,2-5,7,9-10H2,1H3. The molecule has 0 spiro atoms. The van der Waals surface area contributed by atoms with Gasteiger partial charge in [0.15, 0.2) is 0 Å². The van der Waals surface area contributed by atoms with Crippen LogP contribution in [0.2, 0.25) is 0 Å². The fourth-order valence-corrected chi connectivity index (χ4v) is 2.53. The van der Waals surface area contributed by atoms with Gasteiger partial charge in [-0.1, -0.05) is 44.7 Å². The van der Waals surface area contributed by atoms with Gasteiger partial charge in [-0.15, -0.1) is 0 Å². The number of aryl methyl sites for hydroxylation is 1. The van der Waals surface area contributed by atoms with E-state index < -0.39 is 0 Å². The number of anilines is 1. The Balaban J connectivity index is 1.83. The van der Waals surface area contributed by atoms with Crippen molar-refractivity contribution in [3.8, 4) is 0 Å². The summed E-state index contributed by atoms with van der Waals surface area (Å²) < 4.78 is 0. The van der Waals surface area contributed by atoms with E-state index in [1.54, 1.807) is 0 Å². The minimum Gasteiger partial charge on any atom is -0.321 e. The first-order valence-electron chi connectivity index (χ1n) is 6.99. The van der Waals surface area contributed by atoms with Gasteiger partial charge in [0.2, 0.25) is 0 Å². The SMILES string of the molecule is CCCc1cccc(NNC2CCCCC2)c1. The molecule has 0 aromatic heterocycles. The van der Waals surface area contributed by atoms with E-state index in [2.05, 4.69) is 42.0 Å². The topological polar surface area (TPSA) is 24.1 Å². The summed E-state index contributed by atoms with van der Waals surface area (Å²) in [5.41, 5.74) is 9.44. The van der Waals surface area contributed by atoms with Crippen LogP contribution >= 0.6 is 0 Å². The van der Waals surface area contributed by atoms with Crippen LogP contribution in [-0.4, -0.2) is 6.04 Å². The Morgan fingerprint density at radius 2 is 2.00 bits per heavy atom. The second-order valence-electron chi connectivity index (χ2n) is 5.05. The largest absolute Gasteiger partial charge is 0.321 e. The lowest BCUT2D eigenvalue weighted by molar-refractivity contribution is 0.393. The van der Waals surface area contributed by atoms with Crippen LogP contribution in [0.1, 0.15) is 51.0 Å². The van der Waals surface area contributed by atoms with Crippen LogP contribution < -0.4 is 10.9 Å². The number of hydrogen-bond acceptors (Lipinski definition) is 2. The summed E-state index contributed by atoms with van der Waals surface area (Å²) >= 11 is 0. The summed E-state index contributed by atoms with van der Waals surface area (Å²) in [6.07, 6.45) is 9.14. The first kappa shape index (κ1) is 12.4. The fraction of sp³-hybridized carbons (Fsp3) is 0.600. The molecule has 0 radical (unpaired) electrons. The molecule has 0 saturated heterocycles. The molecule has 1 aliphatic carbocycles. The van der Waals surface area contributed by atoms with Crippen molar-refractivity contribution < 1.29 is 0 Å². The van der Waals surface area contributed by atoms with Crippen molar-refractivity contribution in [2.24, 2.45) is 0 Å². The van der Waals surface area contributed by atoms with Crippen molar-refractivity contribution in [3.63, 3.8) is 0 Å². The van der Waals surface area contributed by atoms with Gasteiger partial charge in [0.05, 0.1) is 0 Å². The molecule has 0 amide bonds. The molecule has 0 bridgehead atoms. The molecule has 0 heterocycles. The summed E-state index contributed by atoms with van der Waals surface area (Å²) in [5.74, 6) is 0. The van der Waals surface area contributed by atoms with Gasteiger partial charge in [-0.2, -0.15) is 0 Å².